The summed E-state index contributed by atoms with van der Waals surface area (Å²) in [7, 11) is 1.53. The van der Waals surface area contributed by atoms with E-state index in [1.54, 1.807) is 24.3 Å². The summed E-state index contributed by atoms with van der Waals surface area (Å²) in [4.78, 5) is 13.2. The van der Waals surface area contributed by atoms with Crippen molar-refractivity contribution in [1.82, 2.24) is 0 Å². The Morgan fingerprint density at radius 2 is 1.94 bits per heavy atom. The highest BCUT2D eigenvalue weighted by Gasteiger charge is 2.43. The number of hydrogen-bond donors (Lipinski definition) is 1. The van der Waals surface area contributed by atoms with Gasteiger partial charge < -0.3 is 19.9 Å². The molecule has 2 N–H and O–H groups in total. The second kappa shape index (κ2) is 9.92. The molecule has 1 aliphatic carbocycles. The van der Waals surface area contributed by atoms with Crippen molar-refractivity contribution in [1.29, 1.82) is 5.26 Å². The van der Waals surface area contributed by atoms with Crippen LogP contribution in [0, 0.1) is 20.3 Å². The average molecular weight is 625 g/mol. The molecule has 4 rings (SSSR count). The highest BCUT2D eigenvalue weighted by Crippen LogP contribution is 2.49. The second-order valence-electron chi connectivity index (χ2n) is 9.23. The van der Waals surface area contributed by atoms with E-state index in [1.165, 1.54) is 7.11 Å². The van der Waals surface area contributed by atoms with Crippen LogP contribution in [0.5, 0.6) is 11.5 Å². The van der Waals surface area contributed by atoms with E-state index >= 15 is 0 Å². The zero-order valence-electron chi connectivity index (χ0n) is 19.4. The van der Waals surface area contributed by atoms with E-state index in [9.17, 15) is 10.1 Å². The molecule has 0 radical (unpaired) electrons. The van der Waals surface area contributed by atoms with Crippen LogP contribution in [-0.4, -0.2) is 12.9 Å². The van der Waals surface area contributed by atoms with Crippen molar-refractivity contribution < 1.29 is 19.0 Å². The second-order valence-corrected chi connectivity index (χ2v) is 11.2. The Hall–Kier alpha value is -2.41. The van der Waals surface area contributed by atoms with Gasteiger partial charge in [0.15, 0.2) is 17.3 Å². The van der Waals surface area contributed by atoms with Gasteiger partial charge in [-0.2, -0.15) is 5.26 Å². The first-order chi connectivity index (χ1) is 16.6. The molecule has 0 spiro atoms. The first-order valence-corrected chi connectivity index (χ1v) is 12.7. The van der Waals surface area contributed by atoms with Gasteiger partial charge in [0.1, 0.15) is 24.0 Å². The van der Waals surface area contributed by atoms with Crippen molar-refractivity contribution in [2.24, 2.45) is 11.1 Å². The normalized spacial score (nSPS) is 19.1. The van der Waals surface area contributed by atoms with E-state index < -0.39 is 5.92 Å². The fourth-order valence-corrected chi connectivity index (χ4v) is 5.77. The number of methoxy groups -OCH3 is 1. The Balaban J connectivity index is 1.77. The van der Waals surface area contributed by atoms with Crippen molar-refractivity contribution in [2.45, 2.75) is 39.2 Å². The number of nitrogens with zero attached hydrogens (tertiary/aromatic N) is 1. The molecular formula is C26H23Cl2IN2O4. The molecule has 0 fully saturated rings. The monoisotopic (exact) mass is 624 g/mol. The number of carbonyl (C=O) groups is 1. The van der Waals surface area contributed by atoms with E-state index in [4.69, 9.17) is 43.1 Å². The van der Waals surface area contributed by atoms with Gasteiger partial charge in [-0.1, -0.05) is 43.1 Å². The van der Waals surface area contributed by atoms with Crippen molar-refractivity contribution in [2.75, 3.05) is 7.11 Å². The standard InChI is InChI=1S/C26H23Cl2IN2O4/c1-26(2)9-19(32)23-21(10-26)35-25(31)14(11-30)22(23)13-7-18(29)24(20(8-13)33-3)34-12-15-16(27)5-4-6-17(15)28/h4-8,22H,9-10,12,31H2,1-3H3. The molecule has 2 aliphatic rings. The van der Waals surface area contributed by atoms with Crippen LogP contribution in [-0.2, 0) is 16.1 Å². The summed E-state index contributed by atoms with van der Waals surface area (Å²) in [5, 5.41) is 10.9. The molecule has 1 unspecified atom stereocenters. The summed E-state index contributed by atoms with van der Waals surface area (Å²) in [6.45, 7) is 4.16. The summed E-state index contributed by atoms with van der Waals surface area (Å²) in [5.74, 6) is 0.787. The Labute approximate surface area is 227 Å². The van der Waals surface area contributed by atoms with Crippen molar-refractivity contribution in [3.8, 4) is 17.6 Å². The molecule has 0 amide bonds. The highest BCUT2D eigenvalue weighted by molar-refractivity contribution is 14.1. The average Bonchev–Trinajstić information content (AvgIpc) is 2.77. The highest BCUT2D eigenvalue weighted by atomic mass is 127. The van der Waals surface area contributed by atoms with Crippen LogP contribution in [0.15, 0.2) is 53.1 Å². The molecule has 6 nitrogen and oxygen atoms in total. The van der Waals surface area contributed by atoms with Crippen LogP contribution < -0.4 is 15.2 Å². The minimum atomic E-state index is -0.651. The van der Waals surface area contributed by atoms with Crippen molar-refractivity contribution in [3.05, 3.63) is 77.9 Å². The van der Waals surface area contributed by atoms with Crippen LogP contribution in [0.25, 0.3) is 0 Å². The molecular weight excluding hydrogens is 602 g/mol. The number of benzene rings is 2. The van der Waals surface area contributed by atoms with E-state index in [1.807, 2.05) is 19.9 Å². The molecule has 0 bridgehead atoms. The SMILES string of the molecule is COc1cc(C2C(C#N)=C(N)OC3=C2C(=O)CC(C)(C)C3)cc(I)c1OCc1c(Cl)cccc1Cl. The molecule has 1 atom stereocenters. The predicted octanol–water partition coefficient (Wildman–Crippen LogP) is 6.64. The lowest BCUT2D eigenvalue weighted by molar-refractivity contribution is -0.119. The zero-order chi connectivity index (χ0) is 25.5. The third-order valence-electron chi connectivity index (χ3n) is 6.08. The van der Waals surface area contributed by atoms with Gasteiger partial charge >= 0.3 is 0 Å². The Kier molecular flexibility index (Phi) is 7.28. The van der Waals surface area contributed by atoms with Gasteiger partial charge in [-0.3, -0.25) is 4.79 Å². The number of hydrogen-bond acceptors (Lipinski definition) is 6. The van der Waals surface area contributed by atoms with Gasteiger partial charge in [-0.25, -0.2) is 0 Å². The molecule has 2 aromatic rings. The van der Waals surface area contributed by atoms with Gasteiger partial charge in [0.05, 0.1) is 16.6 Å². The predicted molar refractivity (Wildman–Crippen MR) is 142 cm³/mol. The quantitative estimate of drug-likeness (QED) is 0.375. The van der Waals surface area contributed by atoms with Crippen LogP contribution >= 0.6 is 45.8 Å². The third kappa shape index (κ3) is 4.97. The minimum Gasteiger partial charge on any atom is -0.493 e. The minimum absolute atomic E-state index is 0.0180. The number of rotatable bonds is 5. The van der Waals surface area contributed by atoms with Crippen LogP contribution in [0.4, 0.5) is 0 Å². The first kappa shape index (κ1) is 25.7. The zero-order valence-corrected chi connectivity index (χ0v) is 23.0. The molecule has 1 heterocycles. The number of Topliss-reactive ketones (excluding diaryl/α,β-unsaturated/α-hetero) is 1. The van der Waals surface area contributed by atoms with Crippen molar-refractivity contribution in [3.63, 3.8) is 0 Å². The van der Waals surface area contributed by atoms with Gasteiger partial charge in [0.25, 0.3) is 0 Å². The van der Waals surface area contributed by atoms with E-state index in [0.717, 1.165) is 3.57 Å². The van der Waals surface area contributed by atoms with Gasteiger partial charge in [-0.05, 0) is 57.8 Å². The lowest BCUT2D eigenvalue weighted by Gasteiger charge is -2.37. The fraction of sp³-hybridized carbons (Fsp3) is 0.308. The maximum atomic E-state index is 13.2. The summed E-state index contributed by atoms with van der Waals surface area (Å²) in [6, 6.07) is 11.0. The topological polar surface area (TPSA) is 94.6 Å². The fourth-order valence-electron chi connectivity index (χ4n) is 4.48. The molecule has 182 valence electrons. The number of carbonyl (C=O) groups excluding carboxylic acids is 1. The number of ether oxygens (including phenoxy) is 3. The Bertz CT molecular complexity index is 1310. The molecule has 0 saturated heterocycles. The summed E-state index contributed by atoms with van der Waals surface area (Å²) < 4.78 is 18.2. The maximum Gasteiger partial charge on any atom is 0.205 e. The lowest BCUT2D eigenvalue weighted by Crippen LogP contribution is -2.33. The largest absolute Gasteiger partial charge is 0.493 e. The first-order valence-electron chi connectivity index (χ1n) is 10.8. The van der Waals surface area contributed by atoms with Gasteiger partial charge in [0, 0.05) is 34.0 Å². The Morgan fingerprint density at radius 1 is 1.26 bits per heavy atom. The van der Waals surface area contributed by atoms with E-state index in [2.05, 4.69) is 28.7 Å². The summed E-state index contributed by atoms with van der Waals surface area (Å²) >= 11 is 14.7. The lowest BCUT2D eigenvalue weighted by atomic mass is 9.70. The van der Waals surface area contributed by atoms with E-state index in [-0.39, 0.29) is 29.3 Å². The van der Waals surface area contributed by atoms with Crippen LogP contribution in [0.2, 0.25) is 10.0 Å². The van der Waals surface area contributed by atoms with Gasteiger partial charge in [0.2, 0.25) is 5.88 Å². The number of halogens is 3. The molecule has 2 aromatic carbocycles. The maximum absolute atomic E-state index is 13.2. The number of allylic oxidation sites excluding steroid dienone is 3. The molecule has 0 aromatic heterocycles. The van der Waals surface area contributed by atoms with Crippen LogP contribution in [0.1, 0.15) is 43.7 Å². The van der Waals surface area contributed by atoms with Gasteiger partial charge in [-0.15, -0.1) is 0 Å². The summed E-state index contributed by atoms with van der Waals surface area (Å²) in [6.07, 6.45) is 0.913. The third-order valence-corrected chi connectivity index (χ3v) is 7.59. The number of ketones is 1. The molecule has 35 heavy (non-hydrogen) atoms. The van der Waals surface area contributed by atoms with Crippen molar-refractivity contribution >= 4 is 51.6 Å². The molecule has 1 aliphatic heterocycles. The van der Waals surface area contributed by atoms with Crippen LogP contribution in [0.3, 0.4) is 0 Å². The van der Waals surface area contributed by atoms with E-state index in [0.29, 0.717) is 56.8 Å². The number of nitrogens with two attached hydrogens (primary N) is 1. The smallest absolute Gasteiger partial charge is 0.205 e. The summed E-state index contributed by atoms with van der Waals surface area (Å²) in [5.41, 5.74) is 7.92. The molecule has 0 saturated carbocycles. The molecule has 9 heteroatoms. The number of nitriles is 1. The Morgan fingerprint density at radius 3 is 2.57 bits per heavy atom.